The van der Waals surface area contributed by atoms with Gasteiger partial charge in [-0.3, -0.25) is 9.59 Å². The molecule has 0 saturated heterocycles. The van der Waals surface area contributed by atoms with Gasteiger partial charge in [-0.1, -0.05) is 78.6 Å². The quantitative estimate of drug-likeness (QED) is 0.214. The number of hydrogen-bond donors (Lipinski definition) is 0. The van der Waals surface area contributed by atoms with Gasteiger partial charge in [-0.15, -0.1) is 0 Å². The molecule has 6 unspecified atom stereocenters. The first-order valence-corrected chi connectivity index (χ1v) is 15.5. The average Bonchev–Trinajstić information content (AvgIpc) is 3.70. The SMILES string of the molecule is CC1=C(C)CC2(C(=O)C(C)C)CC(C)=C(Cc3cccc(C(=O)C45C6C=CC(C6)C4C4C=CC5C4)c3)CC2C1. The molecule has 1 aromatic rings. The summed E-state index contributed by atoms with van der Waals surface area (Å²) in [7, 11) is 0. The number of allylic oxidation sites excluding steroid dienone is 8. The van der Waals surface area contributed by atoms with Gasteiger partial charge in [-0.2, -0.15) is 0 Å². The summed E-state index contributed by atoms with van der Waals surface area (Å²) in [5.41, 5.74) is 7.52. The van der Waals surface area contributed by atoms with Gasteiger partial charge >= 0.3 is 0 Å². The van der Waals surface area contributed by atoms with Gasteiger partial charge in [0.15, 0.2) is 5.78 Å². The van der Waals surface area contributed by atoms with E-state index in [0.717, 1.165) is 37.7 Å². The van der Waals surface area contributed by atoms with E-state index in [-0.39, 0.29) is 16.7 Å². The predicted octanol–water partition coefficient (Wildman–Crippen LogP) is 8.49. The smallest absolute Gasteiger partial charge is 0.170 e. The highest BCUT2D eigenvalue weighted by atomic mass is 16.1. The van der Waals surface area contributed by atoms with Crippen molar-refractivity contribution in [3.63, 3.8) is 0 Å². The van der Waals surface area contributed by atoms with Gasteiger partial charge in [0.1, 0.15) is 5.78 Å². The summed E-state index contributed by atoms with van der Waals surface area (Å²) in [4.78, 5) is 28.1. The van der Waals surface area contributed by atoms with Crippen LogP contribution >= 0.6 is 0 Å². The van der Waals surface area contributed by atoms with E-state index in [1.165, 1.54) is 40.7 Å². The molecule has 6 aliphatic rings. The number of rotatable bonds is 6. The first kappa shape index (κ1) is 25.5. The zero-order chi connectivity index (χ0) is 27.3. The van der Waals surface area contributed by atoms with Crippen molar-refractivity contribution in [2.24, 2.45) is 52.3 Å². The lowest BCUT2D eigenvalue weighted by Gasteiger charge is -2.49. The van der Waals surface area contributed by atoms with Crippen molar-refractivity contribution >= 4 is 11.6 Å². The van der Waals surface area contributed by atoms with Crippen molar-refractivity contribution in [2.45, 2.75) is 79.6 Å². The lowest BCUT2D eigenvalue weighted by Crippen LogP contribution is -2.46. The molecular formula is C37H44O2. The van der Waals surface area contributed by atoms with Crippen LogP contribution in [0.2, 0.25) is 0 Å². The second-order valence-corrected chi connectivity index (χ2v) is 14.5. The number of carbonyl (C=O) groups excluding carboxylic acids is 2. The summed E-state index contributed by atoms with van der Waals surface area (Å²) in [6, 6.07) is 8.63. The van der Waals surface area contributed by atoms with Gasteiger partial charge in [-0.05, 0) is 113 Å². The second kappa shape index (κ2) is 8.76. The van der Waals surface area contributed by atoms with Crippen molar-refractivity contribution in [1.29, 1.82) is 0 Å². The Kier molecular flexibility index (Phi) is 5.72. The number of Topliss-reactive ketones (excluding diaryl/α,β-unsaturated/α-hetero) is 2. The summed E-state index contributed by atoms with van der Waals surface area (Å²) in [5, 5.41) is 0. The van der Waals surface area contributed by atoms with Crippen molar-refractivity contribution in [1.82, 2.24) is 0 Å². The molecular weight excluding hydrogens is 476 g/mol. The van der Waals surface area contributed by atoms with Crippen LogP contribution in [-0.4, -0.2) is 11.6 Å². The Hall–Kier alpha value is -2.48. The third kappa shape index (κ3) is 3.45. The molecule has 0 N–H and O–H groups in total. The Balaban J connectivity index is 1.18. The molecule has 2 fully saturated rings. The van der Waals surface area contributed by atoms with E-state index in [1.807, 2.05) is 0 Å². The van der Waals surface area contributed by atoms with E-state index in [2.05, 4.69) is 83.2 Å². The fourth-order valence-corrected chi connectivity index (χ4v) is 10.5. The second-order valence-electron chi connectivity index (χ2n) is 14.5. The van der Waals surface area contributed by atoms with Crippen LogP contribution in [0.3, 0.4) is 0 Å². The van der Waals surface area contributed by atoms with Gasteiger partial charge in [-0.25, -0.2) is 0 Å². The highest BCUT2D eigenvalue weighted by Crippen LogP contribution is 2.71. The molecule has 4 bridgehead atoms. The predicted molar refractivity (Wildman–Crippen MR) is 157 cm³/mol. The Morgan fingerprint density at radius 1 is 0.872 bits per heavy atom. The molecule has 6 aliphatic carbocycles. The number of carbonyl (C=O) groups is 2. The van der Waals surface area contributed by atoms with E-state index in [9.17, 15) is 9.59 Å². The summed E-state index contributed by atoms with van der Waals surface area (Å²) in [6.07, 6.45) is 16.7. The summed E-state index contributed by atoms with van der Waals surface area (Å²) >= 11 is 0. The average molecular weight is 521 g/mol. The highest BCUT2D eigenvalue weighted by molar-refractivity contribution is 6.02. The summed E-state index contributed by atoms with van der Waals surface area (Å²) in [5.74, 6) is 3.81. The number of ketones is 2. The Morgan fingerprint density at radius 3 is 2.21 bits per heavy atom. The third-order valence-electron chi connectivity index (χ3n) is 12.3. The van der Waals surface area contributed by atoms with Crippen LogP contribution in [0.1, 0.15) is 89.1 Å². The number of hydrogen-bond acceptors (Lipinski definition) is 2. The van der Waals surface area contributed by atoms with E-state index in [1.54, 1.807) is 0 Å². The third-order valence-corrected chi connectivity index (χ3v) is 12.3. The van der Waals surface area contributed by atoms with Crippen LogP contribution in [0.5, 0.6) is 0 Å². The monoisotopic (exact) mass is 520 g/mol. The first-order chi connectivity index (χ1) is 18.6. The molecule has 39 heavy (non-hydrogen) atoms. The van der Waals surface area contributed by atoms with Crippen LogP contribution in [-0.2, 0) is 11.2 Å². The first-order valence-electron chi connectivity index (χ1n) is 15.5. The summed E-state index contributed by atoms with van der Waals surface area (Å²) in [6.45, 7) is 10.9. The normalized spacial score (nSPS) is 39.6. The van der Waals surface area contributed by atoms with Gasteiger partial charge in [0.25, 0.3) is 0 Å². The topological polar surface area (TPSA) is 34.1 Å². The zero-order valence-corrected chi connectivity index (χ0v) is 24.4. The van der Waals surface area contributed by atoms with E-state index in [4.69, 9.17) is 0 Å². The van der Waals surface area contributed by atoms with E-state index in [0.29, 0.717) is 47.1 Å². The molecule has 2 heteroatoms. The maximum absolute atomic E-state index is 14.5. The Bertz CT molecular complexity index is 1350. The fraction of sp³-hybridized carbons (Fsp3) is 0.568. The molecule has 0 heterocycles. The maximum atomic E-state index is 14.5. The maximum Gasteiger partial charge on any atom is 0.170 e. The van der Waals surface area contributed by atoms with Crippen LogP contribution < -0.4 is 0 Å². The standard InChI is InChI=1S/C37H44O2/c1-21(2)34(38)36-19-23(4)22(3)13-32(36)18-29(24(5)20-36)15-25-7-6-8-28(14-25)35(39)37-30-11-9-26(16-30)33(37)27-10-12-31(37)17-27/h6-12,14,21,26-27,30-33H,13,15-20H2,1-5H3. The largest absolute Gasteiger partial charge is 0.299 e. The molecule has 0 spiro atoms. The minimum atomic E-state index is -0.234. The van der Waals surface area contributed by atoms with Crippen LogP contribution in [0.25, 0.3) is 0 Å². The molecule has 0 amide bonds. The molecule has 2 saturated carbocycles. The van der Waals surface area contributed by atoms with Crippen LogP contribution in [0.4, 0.5) is 0 Å². The molecule has 204 valence electrons. The van der Waals surface area contributed by atoms with E-state index >= 15 is 0 Å². The van der Waals surface area contributed by atoms with Crippen molar-refractivity contribution < 1.29 is 9.59 Å². The lowest BCUT2D eigenvalue weighted by atomic mass is 9.54. The lowest BCUT2D eigenvalue weighted by molar-refractivity contribution is -0.136. The molecule has 1 aromatic carbocycles. The van der Waals surface area contributed by atoms with E-state index < -0.39 is 0 Å². The van der Waals surface area contributed by atoms with Crippen molar-refractivity contribution in [2.75, 3.05) is 0 Å². The van der Waals surface area contributed by atoms with Crippen molar-refractivity contribution in [3.8, 4) is 0 Å². The Labute approximate surface area is 234 Å². The Morgan fingerprint density at radius 2 is 1.54 bits per heavy atom. The van der Waals surface area contributed by atoms with Crippen molar-refractivity contribution in [3.05, 3.63) is 82.0 Å². The number of benzene rings is 1. The molecule has 0 aromatic heterocycles. The van der Waals surface area contributed by atoms with Gasteiger partial charge in [0, 0.05) is 16.9 Å². The highest BCUT2D eigenvalue weighted by Gasteiger charge is 2.69. The van der Waals surface area contributed by atoms with Crippen LogP contribution in [0, 0.1) is 52.3 Å². The molecule has 0 radical (unpaired) electrons. The number of fused-ring (bicyclic) bond motifs is 10. The molecule has 7 rings (SSSR count). The molecule has 2 nitrogen and oxygen atoms in total. The molecule has 0 aliphatic heterocycles. The summed E-state index contributed by atoms with van der Waals surface area (Å²) < 4.78 is 0. The van der Waals surface area contributed by atoms with Gasteiger partial charge in [0.2, 0.25) is 0 Å². The van der Waals surface area contributed by atoms with Gasteiger partial charge in [0.05, 0.1) is 5.41 Å². The van der Waals surface area contributed by atoms with Crippen LogP contribution in [0.15, 0.2) is 70.9 Å². The minimum Gasteiger partial charge on any atom is -0.299 e. The minimum absolute atomic E-state index is 0.0698. The fourth-order valence-electron chi connectivity index (χ4n) is 10.5. The van der Waals surface area contributed by atoms with Gasteiger partial charge < -0.3 is 0 Å². The zero-order valence-electron chi connectivity index (χ0n) is 24.4. The molecule has 6 atom stereocenters.